The van der Waals surface area contributed by atoms with Crippen molar-refractivity contribution in [2.75, 3.05) is 18.8 Å². The van der Waals surface area contributed by atoms with E-state index in [2.05, 4.69) is 6.58 Å². The first kappa shape index (κ1) is 20.3. The highest BCUT2D eigenvalue weighted by Gasteiger charge is 2.28. The third-order valence-corrected chi connectivity index (χ3v) is 5.47. The van der Waals surface area contributed by atoms with E-state index in [4.69, 9.17) is 20.9 Å². The molecule has 1 saturated heterocycles. The van der Waals surface area contributed by atoms with Gasteiger partial charge in [0.05, 0.1) is 11.4 Å². The van der Waals surface area contributed by atoms with Crippen molar-refractivity contribution in [2.24, 2.45) is 0 Å². The van der Waals surface area contributed by atoms with Gasteiger partial charge in [0.2, 0.25) is 5.91 Å². The van der Waals surface area contributed by atoms with Crippen LogP contribution in [0.3, 0.4) is 0 Å². The number of anilines is 1. The molecule has 1 atom stereocenters. The molecule has 0 spiro atoms. The fourth-order valence-electron chi connectivity index (χ4n) is 3.78. The minimum Gasteiger partial charge on any atom is -0.457 e. The van der Waals surface area contributed by atoms with Crippen molar-refractivity contribution in [3.8, 4) is 22.8 Å². The lowest BCUT2D eigenvalue weighted by Gasteiger charge is -2.17. The van der Waals surface area contributed by atoms with Gasteiger partial charge in [-0.3, -0.25) is 9.78 Å². The van der Waals surface area contributed by atoms with Crippen LogP contribution in [-0.2, 0) is 4.79 Å². The highest BCUT2D eigenvalue weighted by atomic mass is 16.5. The quantitative estimate of drug-likeness (QED) is 0.456. The van der Waals surface area contributed by atoms with Gasteiger partial charge in [0.25, 0.3) is 0 Å². The van der Waals surface area contributed by atoms with Gasteiger partial charge in [0.1, 0.15) is 11.5 Å². The summed E-state index contributed by atoms with van der Waals surface area (Å²) >= 11 is 0. The van der Waals surface area contributed by atoms with Gasteiger partial charge in [-0.1, -0.05) is 24.8 Å². The Morgan fingerprint density at radius 3 is 2.55 bits per heavy atom. The van der Waals surface area contributed by atoms with Crippen LogP contribution in [0.5, 0.6) is 11.5 Å². The molecule has 3 N–H and O–H groups in total. The van der Waals surface area contributed by atoms with Gasteiger partial charge in [0.15, 0.2) is 0 Å². The number of aromatic nitrogens is 1. The van der Waals surface area contributed by atoms with E-state index in [-0.39, 0.29) is 11.8 Å². The lowest BCUT2D eigenvalue weighted by atomic mass is 9.99. The number of nitrogens with two attached hydrogens (primary N) is 1. The molecule has 1 aliphatic rings. The molecule has 1 aromatic heterocycles. The number of para-hydroxylation sites is 1. The summed E-state index contributed by atoms with van der Waals surface area (Å²) in [5.41, 5.74) is 9.74. The Balaban J connectivity index is 1.62. The normalized spacial score (nSPS) is 15.5. The van der Waals surface area contributed by atoms with E-state index < -0.39 is 0 Å². The molecule has 156 valence electrons. The Morgan fingerprint density at radius 1 is 1.16 bits per heavy atom. The topological polar surface area (TPSA) is 92.3 Å². The van der Waals surface area contributed by atoms with Gasteiger partial charge in [-0.25, -0.2) is 0 Å². The van der Waals surface area contributed by atoms with E-state index in [1.807, 2.05) is 60.7 Å². The number of nitrogens with zero attached hydrogens (tertiary/aromatic N) is 2. The lowest BCUT2D eigenvalue weighted by Crippen LogP contribution is -2.26. The number of benzene rings is 2. The van der Waals surface area contributed by atoms with Crippen LogP contribution in [0.25, 0.3) is 11.3 Å². The molecule has 1 unspecified atom stereocenters. The summed E-state index contributed by atoms with van der Waals surface area (Å²) in [4.78, 5) is 18.5. The predicted molar refractivity (Wildman–Crippen MR) is 123 cm³/mol. The first-order chi connectivity index (χ1) is 15.1. The van der Waals surface area contributed by atoms with Crippen LogP contribution in [0.4, 0.5) is 5.69 Å². The predicted octanol–water partition coefficient (Wildman–Crippen LogP) is 4.62. The number of carbonyl (C=O) groups excluding carboxylic acids is 1. The summed E-state index contributed by atoms with van der Waals surface area (Å²) < 4.78 is 5.86. The Morgan fingerprint density at radius 2 is 1.87 bits per heavy atom. The van der Waals surface area contributed by atoms with Crippen molar-refractivity contribution < 1.29 is 9.53 Å². The van der Waals surface area contributed by atoms with E-state index in [0.717, 1.165) is 23.4 Å². The smallest absolute Gasteiger partial charge is 0.245 e. The van der Waals surface area contributed by atoms with E-state index in [1.54, 1.807) is 4.90 Å². The van der Waals surface area contributed by atoms with Crippen LogP contribution in [0.2, 0.25) is 0 Å². The summed E-state index contributed by atoms with van der Waals surface area (Å²) in [6.07, 6.45) is 3.40. The summed E-state index contributed by atoms with van der Waals surface area (Å²) in [7, 11) is 0. The molecule has 6 nitrogen and oxygen atoms in total. The van der Waals surface area contributed by atoms with Gasteiger partial charge >= 0.3 is 0 Å². The van der Waals surface area contributed by atoms with E-state index in [1.165, 1.54) is 12.3 Å². The Bertz CT molecular complexity index is 1110. The summed E-state index contributed by atoms with van der Waals surface area (Å²) in [5.74, 6) is 1.51. The number of nitrogens with one attached hydrogen (secondary N) is 1. The molecule has 1 aliphatic heterocycles. The first-order valence-electron chi connectivity index (χ1n) is 10.1. The van der Waals surface area contributed by atoms with Gasteiger partial charge < -0.3 is 20.8 Å². The summed E-state index contributed by atoms with van der Waals surface area (Å²) in [5, 5.41) is 7.78. The number of hydrogen-bond donors (Lipinski definition) is 2. The zero-order valence-corrected chi connectivity index (χ0v) is 17.1. The molecule has 4 rings (SSSR count). The third-order valence-electron chi connectivity index (χ3n) is 5.47. The molecule has 0 saturated carbocycles. The van der Waals surface area contributed by atoms with E-state index in [0.29, 0.717) is 35.8 Å². The molecule has 1 amide bonds. The highest BCUT2D eigenvalue weighted by molar-refractivity contribution is 5.91. The summed E-state index contributed by atoms with van der Waals surface area (Å²) in [6.45, 7) is 4.82. The number of hydrogen-bond acceptors (Lipinski definition) is 5. The molecular weight excluding hydrogens is 388 g/mol. The van der Waals surface area contributed by atoms with Gasteiger partial charge in [-0.2, -0.15) is 0 Å². The zero-order chi connectivity index (χ0) is 21.8. The first-order valence-corrected chi connectivity index (χ1v) is 10.1. The summed E-state index contributed by atoms with van der Waals surface area (Å²) in [6, 6.07) is 19.0. The Labute approximate surface area is 181 Å². The Kier molecular flexibility index (Phi) is 5.80. The van der Waals surface area contributed by atoms with Crippen LogP contribution in [0.1, 0.15) is 23.6 Å². The SMILES string of the molecule is C=CC(=O)N1CCC(c2cc(C=N)c(N)c(-c3ccc(Oc4ccccc4)cc3)n2)C1. The minimum atomic E-state index is -0.0700. The van der Waals surface area contributed by atoms with E-state index >= 15 is 0 Å². The third kappa shape index (κ3) is 4.33. The molecule has 0 aliphatic carbocycles. The Hall–Kier alpha value is -3.93. The minimum absolute atomic E-state index is 0.0700. The maximum absolute atomic E-state index is 11.9. The number of pyridine rings is 1. The fraction of sp³-hybridized carbons (Fsp3) is 0.160. The second kappa shape index (κ2) is 8.83. The molecule has 6 heteroatoms. The number of rotatable bonds is 6. The molecule has 31 heavy (non-hydrogen) atoms. The standard InChI is InChI=1S/C25H24N4O2/c1-2-23(30)29-13-12-18(16-29)22-14-19(15-26)24(27)25(28-22)17-8-10-21(11-9-17)31-20-6-4-3-5-7-20/h2-11,14-15,18,26H,1,12-13,16,27H2. The lowest BCUT2D eigenvalue weighted by molar-refractivity contribution is -0.125. The van der Waals surface area contributed by atoms with Crippen LogP contribution in [-0.4, -0.2) is 35.1 Å². The number of likely N-dealkylation sites (tertiary alicyclic amines) is 1. The van der Waals surface area contributed by atoms with Crippen molar-refractivity contribution in [3.05, 3.63) is 84.6 Å². The fourth-order valence-corrected chi connectivity index (χ4v) is 3.78. The molecule has 2 aromatic carbocycles. The van der Waals surface area contributed by atoms with Crippen LogP contribution >= 0.6 is 0 Å². The van der Waals surface area contributed by atoms with Crippen molar-refractivity contribution in [2.45, 2.75) is 12.3 Å². The van der Waals surface area contributed by atoms with Gasteiger partial charge in [-0.15, -0.1) is 0 Å². The maximum Gasteiger partial charge on any atom is 0.245 e. The van der Waals surface area contributed by atoms with Crippen LogP contribution < -0.4 is 10.5 Å². The second-order valence-electron chi connectivity index (χ2n) is 7.46. The van der Waals surface area contributed by atoms with Gasteiger partial charge in [0, 0.05) is 42.0 Å². The number of carbonyl (C=O) groups is 1. The number of amides is 1. The van der Waals surface area contributed by atoms with Gasteiger partial charge in [-0.05, 0) is 55.0 Å². The van der Waals surface area contributed by atoms with Crippen molar-refractivity contribution >= 4 is 17.8 Å². The van der Waals surface area contributed by atoms with E-state index in [9.17, 15) is 4.79 Å². The molecule has 0 bridgehead atoms. The molecule has 3 aromatic rings. The van der Waals surface area contributed by atoms with Crippen LogP contribution in [0.15, 0.2) is 73.3 Å². The average molecular weight is 412 g/mol. The second-order valence-corrected chi connectivity index (χ2v) is 7.46. The van der Waals surface area contributed by atoms with Crippen molar-refractivity contribution in [3.63, 3.8) is 0 Å². The average Bonchev–Trinajstić information content (AvgIpc) is 3.30. The zero-order valence-electron chi connectivity index (χ0n) is 17.1. The van der Waals surface area contributed by atoms with Crippen LogP contribution in [0, 0.1) is 5.41 Å². The molecular formula is C25H24N4O2. The number of nitrogen functional groups attached to an aromatic ring is 1. The van der Waals surface area contributed by atoms with Crippen molar-refractivity contribution in [1.82, 2.24) is 9.88 Å². The maximum atomic E-state index is 11.9. The monoisotopic (exact) mass is 412 g/mol. The molecule has 1 fully saturated rings. The molecule has 0 radical (unpaired) electrons. The van der Waals surface area contributed by atoms with Crippen molar-refractivity contribution in [1.29, 1.82) is 5.41 Å². The largest absolute Gasteiger partial charge is 0.457 e. The number of ether oxygens (including phenoxy) is 1. The highest BCUT2D eigenvalue weighted by Crippen LogP contribution is 2.33. The molecule has 2 heterocycles.